The van der Waals surface area contributed by atoms with Crippen LogP contribution in [-0.2, 0) is 0 Å². The van der Waals surface area contributed by atoms with Crippen molar-refractivity contribution in [3.05, 3.63) is 23.8 Å². The molecule has 1 radical (unpaired) electrons. The third-order valence-corrected chi connectivity index (χ3v) is 2.74. The molecule has 1 aliphatic carbocycles. The maximum atomic E-state index is 4.33. The van der Waals surface area contributed by atoms with Crippen LogP contribution in [0, 0.1) is 5.92 Å². The Balaban J connectivity index is 2.34. The molecule has 0 saturated carbocycles. The molecule has 2 aliphatic rings. The van der Waals surface area contributed by atoms with Crippen LogP contribution in [0.3, 0.4) is 0 Å². The molecule has 0 spiro atoms. The number of hydrogen-bond donors (Lipinski definition) is 0. The monoisotopic (exact) mass is 198 g/mol. The molecule has 0 bridgehead atoms. The van der Waals surface area contributed by atoms with Gasteiger partial charge in [-0.2, -0.15) is 0 Å². The molecule has 51 valence electrons. The number of hydrogen-bond acceptors (Lipinski definition) is 1. The summed E-state index contributed by atoms with van der Waals surface area (Å²) in [5.41, 5.74) is 1.41. The summed E-state index contributed by atoms with van der Waals surface area (Å²) in [7, 11) is 0. The predicted octanol–water partition coefficient (Wildman–Crippen LogP) is 1.07. The van der Waals surface area contributed by atoms with Crippen molar-refractivity contribution < 1.29 is 0 Å². The van der Waals surface area contributed by atoms with Crippen molar-refractivity contribution in [1.29, 1.82) is 0 Å². The molecule has 1 nitrogen and oxygen atoms in total. The van der Waals surface area contributed by atoms with Gasteiger partial charge in [0, 0.05) is 0 Å². The molecule has 0 N–H and O–H groups in total. The van der Waals surface area contributed by atoms with E-state index in [4.69, 9.17) is 0 Å². The molecule has 0 aromatic carbocycles. The van der Waals surface area contributed by atoms with Crippen LogP contribution in [0.4, 0.5) is 0 Å². The van der Waals surface area contributed by atoms with Crippen molar-refractivity contribution in [2.75, 3.05) is 6.54 Å². The second kappa shape index (κ2) is 2.37. The Morgan fingerprint density at radius 2 is 2.50 bits per heavy atom. The van der Waals surface area contributed by atoms with Crippen LogP contribution in [0.25, 0.3) is 0 Å². The summed E-state index contributed by atoms with van der Waals surface area (Å²) in [5.74, 6) is 0.682. The first-order chi connectivity index (χ1) is 4.88. The Morgan fingerprint density at radius 1 is 1.60 bits per heavy atom. The molecule has 1 aliphatic heterocycles. The Bertz CT molecular complexity index is 238. The Kier molecular flexibility index (Phi) is 1.51. The van der Waals surface area contributed by atoms with Crippen LogP contribution < -0.4 is 0 Å². The first-order valence-corrected chi connectivity index (χ1v) is 4.32. The number of rotatable bonds is 0. The van der Waals surface area contributed by atoms with Gasteiger partial charge in [-0.25, -0.2) is 0 Å². The molecular formula is C8H8NSe. The van der Waals surface area contributed by atoms with Crippen LogP contribution in [0.2, 0.25) is 0 Å². The fraction of sp³-hybridized carbons (Fsp3) is 0.375. The number of nitrogens with zero attached hydrogens (tertiary/aromatic N) is 1. The second-order valence-electron chi connectivity index (χ2n) is 2.63. The first kappa shape index (κ1) is 6.38. The summed E-state index contributed by atoms with van der Waals surface area (Å²) in [6.07, 6.45) is 7.66. The van der Waals surface area contributed by atoms with E-state index in [2.05, 4.69) is 39.2 Å². The third-order valence-electron chi connectivity index (χ3n) is 1.97. The molecule has 0 fully saturated rings. The SMILES string of the molecule is [Se]C1=NCC2CC=CC=C12. The second-order valence-corrected chi connectivity index (χ2v) is 3.44. The van der Waals surface area contributed by atoms with E-state index in [-0.39, 0.29) is 0 Å². The summed E-state index contributed by atoms with van der Waals surface area (Å²) < 4.78 is 1.12. The molecule has 0 aromatic heterocycles. The average Bonchev–Trinajstić information content (AvgIpc) is 2.34. The van der Waals surface area contributed by atoms with Gasteiger partial charge in [-0.3, -0.25) is 0 Å². The van der Waals surface area contributed by atoms with E-state index in [0.717, 1.165) is 11.2 Å². The zero-order valence-corrected chi connectivity index (χ0v) is 7.29. The van der Waals surface area contributed by atoms with Crippen LogP contribution in [0.15, 0.2) is 28.8 Å². The van der Waals surface area contributed by atoms with Crippen molar-refractivity contribution in [1.82, 2.24) is 0 Å². The van der Waals surface area contributed by atoms with E-state index in [1.54, 1.807) is 0 Å². The Labute approximate surface area is 68.7 Å². The van der Waals surface area contributed by atoms with Crippen molar-refractivity contribution in [3.63, 3.8) is 0 Å². The summed E-state index contributed by atoms with van der Waals surface area (Å²) in [6.45, 7) is 0.985. The summed E-state index contributed by atoms with van der Waals surface area (Å²) in [4.78, 5) is 4.33. The van der Waals surface area contributed by atoms with Crippen LogP contribution in [0.1, 0.15) is 6.42 Å². The molecule has 1 heterocycles. The molecule has 2 heteroatoms. The van der Waals surface area contributed by atoms with E-state index in [0.29, 0.717) is 5.92 Å². The van der Waals surface area contributed by atoms with Gasteiger partial charge in [0.05, 0.1) is 0 Å². The van der Waals surface area contributed by atoms with E-state index >= 15 is 0 Å². The van der Waals surface area contributed by atoms with Gasteiger partial charge in [0.25, 0.3) is 0 Å². The maximum absolute atomic E-state index is 4.33. The molecule has 0 aromatic rings. The van der Waals surface area contributed by atoms with E-state index in [1.807, 2.05) is 0 Å². The Morgan fingerprint density at radius 3 is 3.30 bits per heavy atom. The van der Waals surface area contributed by atoms with Gasteiger partial charge in [0.1, 0.15) is 0 Å². The Hall–Kier alpha value is -0.331. The molecule has 10 heavy (non-hydrogen) atoms. The molecule has 1 unspecified atom stereocenters. The van der Waals surface area contributed by atoms with Gasteiger partial charge in [-0.15, -0.1) is 0 Å². The molecule has 1 atom stereocenters. The predicted molar refractivity (Wildman–Crippen MR) is 43.4 cm³/mol. The first-order valence-electron chi connectivity index (χ1n) is 3.46. The van der Waals surface area contributed by atoms with Gasteiger partial charge in [-0.05, 0) is 0 Å². The van der Waals surface area contributed by atoms with Gasteiger partial charge in [0.2, 0.25) is 0 Å². The van der Waals surface area contributed by atoms with Crippen molar-refractivity contribution in [3.8, 4) is 0 Å². The minimum atomic E-state index is 0.682. The number of fused-ring (bicyclic) bond motifs is 1. The zero-order valence-electron chi connectivity index (χ0n) is 5.58. The van der Waals surface area contributed by atoms with Crippen LogP contribution in [0.5, 0.6) is 0 Å². The van der Waals surface area contributed by atoms with Gasteiger partial charge >= 0.3 is 68.3 Å². The van der Waals surface area contributed by atoms with E-state index in [1.165, 1.54) is 12.0 Å². The van der Waals surface area contributed by atoms with E-state index in [9.17, 15) is 0 Å². The average molecular weight is 197 g/mol. The fourth-order valence-corrected chi connectivity index (χ4v) is 2.03. The topological polar surface area (TPSA) is 12.4 Å². The normalized spacial score (nSPS) is 29.4. The number of aliphatic imine (C=N–C) groups is 1. The summed E-state index contributed by atoms with van der Waals surface area (Å²) in [6, 6.07) is 0. The number of allylic oxidation sites excluding steroid dienone is 3. The fourth-order valence-electron chi connectivity index (χ4n) is 1.38. The van der Waals surface area contributed by atoms with E-state index < -0.39 is 0 Å². The molecule has 0 saturated heterocycles. The van der Waals surface area contributed by atoms with Crippen molar-refractivity contribution in [2.24, 2.45) is 10.9 Å². The van der Waals surface area contributed by atoms with Crippen molar-refractivity contribution >= 4 is 20.6 Å². The molecule has 0 amide bonds. The van der Waals surface area contributed by atoms with Crippen LogP contribution >= 0.6 is 0 Å². The summed E-state index contributed by atoms with van der Waals surface area (Å²) >= 11 is 2.99. The van der Waals surface area contributed by atoms with Crippen molar-refractivity contribution in [2.45, 2.75) is 6.42 Å². The minimum absolute atomic E-state index is 0.682. The standard InChI is InChI=1S/C8H8NSe/c10-8-7-4-2-1-3-6(7)5-9-8/h1-2,4,6H,3,5H2. The quantitative estimate of drug-likeness (QED) is 0.515. The zero-order chi connectivity index (χ0) is 6.97. The van der Waals surface area contributed by atoms with Gasteiger partial charge in [-0.1, -0.05) is 0 Å². The summed E-state index contributed by atoms with van der Waals surface area (Å²) in [5, 5.41) is 0. The third kappa shape index (κ3) is 0.882. The molecular weight excluding hydrogens is 189 g/mol. The van der Waals surface area contributed by atoms with Crippen LogP contribution in [-0.4, -0.2) is 27.2 Å². The van der Waals surface area contributed by atoms with Gasteiger partial charge < -0.3 is 0 Å². The van der Waals surface area contributed by atoms with Gasteiger partial charge in [0.15, 0.2) is 0 Å². The molecule has 2 rings (SSSR count).